The second-order valence-electron chi connectivity index (χ2n) is 6.86. The number of amides is 1. The van der Waals surface area contributed by atoms with Gasteiger partial charge in [-0.15, -0.1) is 0 Å². The summed E-state index contributed by atoms with van der Waals surface area (Å²) in [5.74, 6) is -1.01. The molecule has 1 N–H and O–H groups in total. The maximum absolute atomic E-state index is 12.6. The Kier molecular flexibility index (Phi) is 7.44. The van der Waals surface area contributed by atoms with E-state index < -0.39 is 18.2 Å². The molecule has 1 amide bonds. The third-order valence-electron chi connectivity index (χ3n) is 4.67. The highest BCUT2D eigenvalue weighted by molar-refractivity contribution is 6.33. The molecular weight excluding hydrogens is 420 g/mol. The number of anilines is 2. The molecule has 1 aromatic heterocycles. The smallest absolute Gasteiger partial charge is 0.418 e. The van der Waals surface area contributed by atoms with Gasteiger partial charge in [0.25, 0.3) is 0 Å². The molecule has 0 aliphatic heterocycles. The van der Waals surface area contributed by atoms with Gasteiger partial charge in [0.2, 0.25) is 0 Å². The number of aliphatic carboxylic acids is 1. The summed E-state index contributed by atoms with van der Waals surface area (Å²) >= 11 is 6.39. The van der Waals surface area contributed by atoms with Crippen LogP contribution in [0.5, 0.6) is 0 Å². The van der Waals surface area contributed by atoms with Crippen LogP contribution in [0.3, 0.4) is 0 Å². The van der Waals surface area contributed by atoms with Gasteiger partial charge in [-0.25, -0.2) is 19.5 Å². The first-order valence-corrected chi connectivity index (χ1v) is 10.2. The number of carbonyl (C=O) groups excluding carboxylic acids is 1. The van der Waals surface area contributed by atoms with Gasteiger partial charge in [0.1, 0.15) is 0 Å². The van der Waals surface area contributed by atoms with Gasteiger partial charge in [0, 0.05) is 18.4 Å². The van der Waals surface area contributed by atoms with Crippen molar-refractivity contribution in [3.05, 3.63) is 65.3 Å². The normalized spacial score (nSPS) is 11.8. The van der Waals surface area contributed by atoms with Crippen LogP contribution >= 0.6 is 11.6 Å². The number of hydrogen-bond donors (Lipinski definition) is 1. The van der Waals surface area contributed by atoms with E-state index in [0.29, 0.717) is 23.5 Å². The fourth-order valence-electron chi connectivity index (χ4n) is 3.15. The molecule has 0 aliphatic carbocycles. The SMILES string of the molecule is CCCOC(Cc1ccc(N(C(=O)OC)c2cc3ccccc3nc2Cl)cc1)C(=O)O. The van der Waals surface area contributed by atoms with Crippen molar-refractivity contribution >= 4 is 45.9 Å². The van der Waals surface area contributed by atoms with Crippen LogP contribution in [0.4, 0.5) is 16.2 Å². The first kappa shape index (κ1) is 22.5. The number of methoxy groups -OCH3 is 1. The number of carboxylic acids is 1. The van der Waals surface area contributed by atoms with Gasteiger partial charge in [-0.05, 0) is 36.2 Å². The Hall–Kier alpha value is -3.16. The summed E-state index contributed by atoms with van der Waals surface area (Å²) in [5.41, 5.74) is 2.37. The third kappa shape index (κ3) is 5.31. The summed E-state index contributed by atoms with van der Waals surface area (Å²) in [6, 6.07) is 16.1. The molecule has 3 aromatic rings. The van der Waals surface area contributed by atoms with Gasteiger partial charge in [0.05, 0.1) is 24.0 Å². The van der Waals surface area contributed by atoms with Crippen molar-refractivity contribution in [2.24, 2.45) is 0 Å². The molecule has 1 atom stereocenters. The molecule has 1 heterocycles. The monoisotopic (exact) mass is 442 g/mol. The molecule has 0 aliphatic rings. The van der Waals surface area contributed by atoms with Crippen LogP contribution in [0.1, 0.15) is 18.9 Å². The summed E-state index contributed by atoms with van der Waals surface area (Å²) in [6.45, 7) is 2.29. The number of nitrogens with zero attached hydrogens (tertiary/aromatic N) is 2. The van der Waals surface area contributed by atoms with Crippen molar-refractivity contribution < 1.29 is 24.2 Å². The van der Waals surface area contributed by atoms with Gasteiger partial charge in [-0.3, -0.25) is 0 Å². The molecule has 1 unspecified atom stereocenters. The molecule has 0 bridgehead atoms. The molecule has 0 radical (unpaired) electrons. The van der Waals surface area contributed by atoms with E-state index in [4.69, 9.17) is 21.1 Å². The lowest BCUT2D eigenvalue weighted by atomic mass is 10.1. The number of aromatic nitrogens is 1. The van der Waals surface area contributed by atoms with Crippen LogP contribution in [-0.4, -0.2) is 42.0 Å². The minimum atomic E-state index is -1.01. The molecule has 0 fully saturated rings. The third-order valence-corrected chi connectivity index (χ3v) is 4.95. The molecule has 0 spiro atoms. The average Bonchev–Trinajstić information content (AvgIpc) is 2.77. The number of carbonyl (C=O) groups is 2. The first-order chi connectivity index (χ1) is 14.9. The number of carboxylic acid groups (broad SMARTS) is 1. The number of fused-ring (bicyclic) bond motifs is 1. The Balaban J connectivity index is 1.93. The molecule has 31 heavy (non-hydrogen) atoms. The van der Waals surface area contributed by atoms with E-state index in [1.165, 1.54) is 12.0 Å². The number of ether oxygens (including phenoxy) is 2. The molecule has 8 heteroatoms. The fraction of sp³-hybridized carbons (Fsp3) is 0.261. The summed E-state index contributed by atoms with van der Waals surface area (Å²) in [5, 5.41) is 10.3. The van der Waals surface area contributed by atoms with E-state index in [-0.39, 0.29) is 11.6 Å². The number of halogens is 1. The molecule has 0 saturated carbocycles. The topological polar surface area (TPSA) is 89.0 Å². The quantitative estimate of drug-likeness (QED) is 0.481. The Bertz CT molecular complexity index is 1070. The number of benzene rings is 2. The summed E-state index contributed by atoms with van der Waals surface area (Å²) in [4.78, 5) is 29.7. The standard InChI is InChI=1S/C23H23ClN2O5/c1-3-12-31-20(22(27)28)13-15-8-10-17(11-9-15)26(23(29)30-2)19-14-16-6-4-5-7-18(16)25-21(19)24/h4-11,14,20H,3,12-13H2,1-2H3,(H,27,28). The molecular formula is C23H23ClN2O5. The number of hydrogen-bond acceptors (Lipinski definition) is 5. The van der Waals surface area contributed by atoms with Gasteiger partial charge in [-0.1, -0.05) is 48.9 Å². The van der Waals surface area contributed by atoms with Gasteiger partial charge in [-0.2, -0.15) is 0 Å². The van der Waals surface area contributed by atoms with E-state index >= 15 is 0 Å². The van der Waals surface area contributed by atoms with Crippen LogP contribution in [-0.2, 0) is 20.7 Å². The average molecular weight is 443 g/mol. The van der Waals surface area contributed by atoms with E-state index in [0.717, 1.165) is 17.4 Å². The van der Waals surface area contributed by atoms with E-state index in [1.54, 1.807) is 30.3 Å². The van der Waals surface area contributed by atoms with Crippen LogP contribution in [0, 0.1) is 0 Å². The first-order valence-electron chi connectivity index (χ1n) is 9.81. The van der Waals surface area contributed by atoms with Crippen molar-refractivity contribution in [3.63, 3.8) is 0 Å². The van der Waals surface area contributed by atoms with E-state index in [9.17, 15) is 14.7 Å². The Morgan fingerprint density at radius 3 is 2.52 bits per heavy atom. The van der Waals surface area contributed by atoms with Crippen molar-refractivity contribution in [2.75, 3.05) is 18.6 Å². The fourth-order valence-corrected chi connectivity index (χ4v) is 3.38. The van der Waals surface area contributed by atoms with Crippen LogP contribution in [0.15, 0.2) is 54.6 Å². The highest BCUT2D eigenvalue weighted by atomic mass is 35.5. The van der Waals surface area contributed by atoms with Gasteiger partial charge >= 0.3 is 12.1 Å². The summed E-state index contributed by atoms with van der Waals surface area (Å²) < 4.78 is 10.4. The van der Waals surface area contributed by atoms with Crippen molar-refractivity contribution in [1.29, 1.82) is 0 Å². The second kappa shape index (κ2) is 10.2. The Morgan fingerprint density at radius 1 is 1.16 bits per heavy atom. The summed E-state index contributed by atoms with van der Waals surface area (Å²) in [7, 11) is 1.29. The molecule has 7 nitrogen and oxygen atoms in total. The molecule has 2 aromatic carbocycles. The molecule has 0 saturated heterocycles. The zero-order valence-electron chi connectivity index (χ0n) is 17.2. The van der Waals surface area contributed by atoms with Crippen molar-refractivity contribution in [1.82, 2.24) is 4.98 Å². The zero-order valence-corrected chi connectivity index (χ0v) is 18.0. The second-order valence-corrected chi connectivity index (χ2v) is 7.22. The number of pyridine rings is 1. The van der Waals surface area contributed by atoms with Crippen molar-refractivity contribution in [2.45, 2.75) is 25.9 Å². The van der Waals surface area contributed by atoms with Gasteiger partial charge in [0.15, 0.2) is 11.3 Å². The highest BCUT2D eigenvalue weighted by Gasteiger charge is 2.23. The molecule has 3 rings (SSSR count). The predicted molar refractivity (Wildman–Crippen MR) is 119 cm³/mol. The van der Waals surface area contributed by atoms with Crippen molar-refractivity contribution in [3.8, 4) is 0 Å². The molecule has 162 valence electrons. The summed E-state index contributed by atoms with van der Waals surface area (Å²) in [6.07, 6.45) is -0.605. The lowest BCUT2D eigenvalue weighted by Crippen LogP contribution is -2.27. The maximum Gasteiger partial charge on any atom is 0.418 e. The Morgan fingerprint density at radius 2 is 1.87 bits per heavy atom. The number of rotatable bonds is 8. The van der Waals surface area contributed by atoms with E-state index in [1.807, 2.05) is 31.2 Å². The van der Waals surface area contributed by atoms with E-state index in [2.05, 4.69) is 4.98 Å². The zero-order chi connectivity index (χ0) is 22.4. The van der Waals surface area contributed by atoms with Gasteiger partial charge < -0.3 is 14.6 Å². The lowest BCUT2D eigenvalue weighted by Gasteiger charge is -2.23. The van der Waals surface area contributed by atoms with Crippen LogP contribution < -0.4 is 4.90 Å². The Labute approximate surface area is 185 Å². The van der Waals surface area contributed by atoms with Crippen LogP contribution in [0.2, 0.25) is 5.15 Å². The minimum absolute atomic E-state index is 0.159. The van der Waals surface area contributed by atoms with Crippen LogP contribution in [0.25, 0.3) is 10.9 Å². The lowest BCUT2D eigenvalue weighted by molar-refractivity contribution is -0.150. The number of para-hydroxylation sites is 1. The highest BCUT2D eigenvalue weighted by Crippen LogP contribution is 2.34. The maximum atomic E-state index is 12.6. The minimum Gasteiger partial charge on any atom is -0.479 e. The largest absolute Gasteiger partial charge is 0.479 e. The predicted octanol–water partition coefficient (Wildman–Crippen LogP) is 5.22.